The Morgan fingerprint density at radius 1 is 1.06 bits per heavy atom. The summed E-state index contributed by atoms with van der Waals surface area (Å²) < 4.78 is 38.3. The molecule has 0 unspecified atom stereocenters. The molecule has 1 aliphatic rings. The first-order valence-electron chi connectivity index (χ1n) is 10.9. The van der Waals surface area contributed by atoms with Crippen LogP contribution in [0.25, 0.3) is 0 Å². The van der Waals surface area contributed by atoms with E-state index in [-0.39, 0.29) is 17.2 Å². The van der Waals surface area contributed by atoms with Crippen molar-refractivity contribution in [2.45, 2.75) is 44.4 Å². The van der Waals surface area contributed by atoms with Crippen molar-refractivity contribution in [1.29, 1.82) is 0 Å². The fourth-order valence-electron chi connectivity index (χ4n) is 3.69. The van der Waals surface area contributed by atoms with Crippen LogP contribution < -0.4 is 14.8 Å². The number of benzene rings is 2. The Bertz CT molecular complexity index is 1050. The van der Waals surface area contributed by atoms with Crippen LogP contribution in [0.1, 0.15) is 36.0 Å². The van der Waals surface area contributed by atoms with E-state index in [9.17, 15) is 13.2 Å². The fraction of sp³-hybridized carbons (Fsp3) is 0.458. The minimum atomic E-state index is -3.51. The van der Waals surface area contributed by atoms with Crippen molar-refractivity contribution in [2.75, 3.05) is 33.4 Å². The van der Waals surface area contributed by atoms with Crippen molar-refractivity contribution < 1.29 is 22.7 Å². The normalized spacial score (nSPS) is 14.3. The summed E-state index contributed by atoms with van der Waals surface area (Å²) in [6, 6.07) is 10.8. The molecule has 1 aliphatic heterocycles. The van der Waals surface area contributed by atoms with Crippen molar-refractivity contribution in [3.05, 3.63) is 53.1 Å². The largest absolute Gasteiger partial charge is 0.496 e. The molecule has 1 heterocycles. The monoisotopic (exact) mass is 460 g/mol. The standard InChI is InChI=1S/C24H32N2O5S/c1-18-6-8-21(16-19(18)2)31-15-12-25-24(27)11-7-20-17-22(9-10-23(20)30-3)32(28,29)26-13-4-5-14-26/h6,8-10,16-17H,4-5,7,11-15H2,1-3H3,(H,25,27). The van der Waals surface area contributed by atoms with Gasteiger partial charge in [-0.1, -0.05) is 6.07 Å². The minimum absolute atomic E-state index is 0.122. The molecule has 7 nitrogen and oxygen atoms in total. The lowest BCUT2D eigenvalue weighted by molar-refractivity contribution is -0.121. The van der Waals surface area contributed by atoms with Gasteiger partial charge in [-0.3, -0.25) is 4.79 Å². The number of hydrogen-bond donors (Lipinski definition) is 1. The number of carbonyl (C=O) groups is 1. The summed E-state index contributed by atoms with van der Waals surface area (Å²) >= 11 is 0. The van der Waals surface area contributed by atoms with Gasteiger partial charge in [0.15, 0.2) is 0 Å². The lowest BCUT2D eigenvalue weighted by atomic mass is 10.1. The summed E-state index contributed by atoms with van der Waals surface area (Å²) in [4.78, 5) is 12.5. The molecular weight excluding hydrogens is 428 g/mol. The highest BCUT2D eigenvalue weighted by Gasteiger charge is 2.27. The number of methoxy groups -OCH3 is 1. The second-order valence-electron chi connectivity index (χ2n) is 8.03. The summed E-state index contributed by atoms with van der Waals surface area (Å²) in [7, 11) is -1.97. The maximum atomic E-state index is 12.8. The Morgan fingerprint density at radius 3 is 2.50 bits per heavy atom. The highest BCUT2D eigenvalue weighted by atomic mass is 32.2. The zero-order chi connectivity index (χ0) is 23.1. The number of amides is 1. The van der Waals surface area contributed by atoms with Crippen molar-refractivity contribution >= 4 is 15.9 Å². The molecule has 2 aromatic rings. The molecule has 32 heavy (non-hydrogen) atoms. The van der Waals surface area contributed by atoms with Gasteiger partial charge in [-0.05, 0) is 80.1 Å². The van der Waals surface area contributed by atoms with Gasteiger partial charge in [0.2, 0.25) is 15.9 Å². The molecule has 0 radical (unpaired) electrons. The van der Waals surface area contributed by atoms with Crippen molar-refractivity contribution in [1.82, 2.24) is 9.62 Å². The van der Waals surface area contributed by atoms with E-state index in [0.717, 1.165) is 24.2 Å². The number of carbonyl (C=O) groups excluding carboxylic acids is 1. The minimum Gasteiger partial charge on any atom is -0.496 e. The van der Waals surface area contributed by atoms with Gasteiger partial charge < -0.3 is 14.8 Å². The molecule has 0 spiro atoms. The topological polar surface area (TPSA) is 84.9 Å². The van der Waals surface area contributed by atoms with E-state index in [4.69, 9.17) is 9.47 Å². The Kier molecular flexibility index (Phi) is 8.15. The second-order valence-corrected chi connectivity index (χ2v) is 9.97. The number of aryl methyl sites for hydroxylation is 3. The molecule has 1 N–H and O–H groups in total. The van der Waals surface area contributed by atoms with E-state index in [1.165, 1.54) is 17.0 Å². The van der Waals surface area contributed by atoms with Gasteiger partial charge in [0.25, 0.3) is 0 Å². The van der Waals surface area contributed by atoms with E-state index in [0.29, 0.717) is 44.0 Å². The molecule has 1 amide bonds. The van der Waals surface area contributed by atoms with Crippen LogP contribution in [0.4, 0.5) is 0 Å². The average Bonchev–Trinajstić information content (AvgIpc) is 3.33. The highest BCUT2D eigenvalue weighted by molar-refractivity contribution is 7.89. The average molecular weight is 461 g/mol. The molecule has 2 aromatic carbocycles. The van der Waals surface area contributed by atoms with E-state index < -0.39 is 10.0 Å². The predicted molar refractivity (Wildman–Crippen MR) is 124 cm³/mol. The summed E-state index contributed by atoms with van der Waals surface area (Å²) in [6.07, 6.45) is 2.38. The number of hydrogen-bond acceptors (Lipinski definition) is 5. The highest BCUT2D eigenvalue weighted by Crippen LogP contribution is 2.27. The Balaban J connectivity index is 1.52. The SMILES string of the molecule is COc1ccc(S(=O)(=O)N2CCCC2)cc1CCC(=O)NCCOc1ccc(C)c(C)c1. The molecule has 3 rings (SSSR count). The molecule has 0 aromatic heterocycles. The quantitative estimate of drug-likeness (QED) is 0.551. The molecule has 0 bridgehead atoms. The molecule has 0 saturated carbocycles. The lowest BCUT2D eigenvalue weighted by Gasteiger charge is -2.17. The summed E-state index contributed by atoms with van der Waals surface area (Å²) in [6.45, 7) is 5.95. The molecule has 0 aliphatic carbocycles. The van der Waals surface area contributed by atoms with Crippen LogP contribution >= 0.6 is 0 Å². The molecule has 1 saturated heterocycles. The van der Waals surface area contributed by atoms with Gasteiger partial charge in [0.1, 0.15) is 18.1 Å². The first kappa shape index (κ1) is 24.1. The summed E-state index contributed by atoms with van der Waals surface area (Å²) in [5.41, 5.74) is 3.07. The molecule has 1 fully saturated rings. The first-order valence-corrected chi connectivity index (χ1v) is 12.4. The number of sulfonamides is 1. The third kappa shape index (κ3) is 6.01. The Morgan fingerprint density at radius 2 is 1.81 bits per heavy atom. The van der Waals surface area contributed by atoms with E-state index >= 15 is 0 Å². The number of ether oxygens (including phenoxy) is 2. The van der Waals surface area contributed by atoms with Gasteiger partial charge in [0.05, 0.1) is 18.6 Å². The van der Waals surface area contributed by atoms with Gasteiger partial charge in [-0.25, -0.2) is 8.42 Å². The maximum Gasteiger partial charge on any atom is 0.243 e. The molecule has 0 atom stereocenters. The second kappa shape index (κ2) is 10.8. The van der Waals surface area contributed by atoms with E-state index in [1.807, 2.05) is 32.0 Å². The van der Waals surface area contributed by atoms with Crippen molar-refractivity contribution in [3.63, 3.8) is 0 Å². The molecule has 174 valence electrons. The number of rotatable bonds is 10. The van der Waals surface area contributed by atoms with Crippen LogP contribution in [0.2, 0.25) is 0 Å². The van der Waals surface area contributed by atoms with Crippen LogP contribution in [0.3, 0.4) is 0 Å². The fourth-order valence-corrected chi connectivity index (χ4v) is 5.26. The van der Waals surface area contributed by atoms with Crippen LogP contribution in [0, 0.1) is 13.8 Å². The third-order valence-electron chi connectivity index (χ3n) is 5.75. The lowest BCUT2D eigenvalue weighted by Crippen LogP contribution is -2.28. The van der Waals surface area contributed by atoms with Gasteiger partial charge in [0, 0.05) is 19.5 Å². The van der Waals surface area contributed by atoms with Gasteiger partial charge >= 0.3 is 0 Å². The summed E-state index contributed by atoms with van der Waals surface area (Å²) in [5.74, 6) is 1.24. The molecule has 8 heteroatoms. The smallest absolute Gasteiger partial charge is 0.243 e. The van der Waals surface area contributed by atoms with Crippen LogP contribution in [0.5, 0.6) is 11.5 Å². The third-order valence-corrected chi connectivity index (χ3v) is 7.64. The van der Waals surface area contributed by atoms with Crippen molar-refractivity contribution in [2.24, 2.45) is 0 Å². The van der Waals surface area contributed by atoms with Gasteiger partial charge in [-0.2, -0.15) is 4.31 Å². The zero-order valence-corrected chi connectivity index (χ0v) is 19.8. The van der Waals surface area contributed by atoms with E-state index in [2.05, 4.69) is 5.32 Å². The summed E-state index contributed by atoms with van der Waals surface area (Å²) in [5, 5.41) is 2.85. The maximum absolute atomic E-state index is 12.8. The Hall–Kier alpha value is -2.58. The van der Waals surface area contributed by atoms with Crippen molar-refractivity contribution in [3.8, 4) is 11.5 Å². The van der Waals surface area contributed by atoms with Crippen LogP contribution in [-0.2, 0) is 21.2 Å². The zero-order valence-electron chi connectivity index (χ0n) is 19.0. The number of nitrogens with zero attached hydrogens (tertiary/aromatic N) is 1. The first-order chi connectivity index (χ1) is 15.3. The Labute approximate surface area is 190 Å². The van der Waals surface area contributed by atoms with Gasteiger partial charge in [-0.15, -0.1) is 0 Å². The number of nitrogens with one attached hydrogen (secondary N) is 1. The molecular formula is C24H32N2O5S. The van der Waals surface area contributed by atoms with Crippen LogP contribution in [0.15, 0.2) is 41.3 Å². The van der Waals surface area contributed by atoms with Crippen LogP contribution in [-0.4, -0.2) is 52.0 Å². The predicted octanol–water partition coefficient (Wildman–Crippen LogP) is 3.22. The van der Waals surface area contributed by atoms with E-state index in [1.54, 1.807) is 18.2 Å².